The lowest BCUT2D eigenvalue weighted by Gasteiger charge is -2.40. The highest BCUT2D eigenvalue weighted by Crippen LogP contribution is 2.34. The Bertz CT molecular complexity index is 660. The second kappa shape index (κ2) is 10.5. The fraction of sp³-hybridized carbons (Fsp3) is 0.500. The standard InChI is InChI=1S/C20H28N4O.HI/c1-3-16-15-24(12-10-19(16)17-8-6-5-7-9-17)20(21-4-2)22-14-18-11-13-25-23-18;/h5-9,11,13,16,19H,3-4,10,12,14-15H2,1-2H3,(H,21,22);1H. The zero-order valence-corrected chi connectivity index (χ0v) is 17.9. The molecule has 1 aliphatic heterocycles. The smallest absolute Gasteiger partial charge is 0.194 e. The Morgan fingerprint density at radius 1 is 1.27 bits per heavy atom. The fourth-order valence-corrected chi connectivity index (χ4v) is 3.68. The molecule has 1 aromatic carbocycles. The van der Waals surface area contributed by atoms with Gasteiger partial charge in [0.15, 0.2) is 5.96 Å². The summed E-state index contributed by atoms with van der Waals surface area (Å²) in [7, 11) is 0. The Morgan fingerprint density at radius 2 is 2.08 bits per heavy atom. The summed E-state index contributed by atoms with van der Waals surface area (Å²) in [6, 6.07) is 12.8. The zero-order valence-electron chi connectivity index (χ0n) is 15.6. The van der Waals surface area contributed by atoms with Crippen molar-refractivity contribution in [1.82, 2.24) is 15.4 Å². The third kappa shape index (κ3) is 5.22. The molecule has 0 spiro atoms. The number of nitrogens with zero attached hydrogens (tertiary/aromatic N) is 3. The number of piperidine rings is 1. The topological polar surface area (TPSA) is 53.7 Å². The maximum absolute atomic E-state index is 4.90. The lowest BCUT2D eigenvalue weighted by molar-refractivity contribution is 0.215. The van der Waals surface area contributed by atoms with E-state index in [2.05, 4.69) is 59.6 Å². The third-order valence-corrected chi connectivity index (χ3v) is 5.00. The molecule has 5 nitrogen and oxygen atoms in total. The van der Waals surface area contributed by atoms with Gasteiger partial charge in [-0.25, -0.2) is 4.99 Å². The molecule has 6 heteroatoms. The average Bonchev–Trinajstić information content (AvgIpc) is 3.19. The largest absolute Gasteiger partial charge is 0.364 e. The minimum absolute atomic E-state index is 0. The monoisotopic (exact) mass is 468 g/mol. The van der Waals surface area contributed by atoms with Crippen LogP contribution in [-0.2, 0) is 6.54 Å². The van der Waals surface area contributed by atoms with Crippen LogP contribution in [-0.4, -0.2) is 35.7 Å². The highest BCUT2D eigenvalue weighted by molar-refractivity contribution is 14.0. The number of aliphatic imine (C=N–C) groups is 1. The van der Waals surface area contributed by atoms with Crippen LogP contribution in [0.25, 0.3) is 0 Å². The van der Waals surface area contributed by atoms with E-state index in [4.69, 9.17) is 9.52 Å². The van der Waals surface area contributed by atoms with Crippen molar-refractivity contribution in [3.8, 4) is 0 Å². The zero-order chi connectivity index (χ0) is 17.5. The van der Waals surface area contributed by atoms with Gasteiger partial charge in [0.2, 0.25) is 0 Å². The Labute approximate surface area is 173 Å². The lowest BCUT2D eigenvalue weighted by atomic mass is 9.79. The van der Waals surface area contributed by atoms with Crippen molar-refractivity contribution < 1.29 is 4.52 Å². The van der Waals surface area contributed by atoms with Crippen molar-refractivity contribution in [2.75, 3.05) is 19.6 Å². The summed E-state index contributed by atoms with van der Waals surface area (Å²) < 4.78 is 4.90. The fourth-order valence-electron chi connectivity index (χ4n) is 3.68. The number of guanidine groups is 1. The summed E-state index contributed by atoms with van der Waals surface area (Å²) in [6.45, 7) is 7.89. The summed E-state index contributed by atoms with van der Waals surface area (Å²) in [5.74, 6) is 2.27. The molecule has 1 aliphatic rings. The quantitative estimate of drug-likeness (QED) is 0.405. The predicted octanol–water partition coefficient (Wildman–Crippen LogP) is 4.27. The second-order valence-electron chi connectivity index (χ2n) is 6.58. The second-order valence-corrected chi connectivity index (χ2v) is 6.58. The van der Waals surface area contributed by atoms with Gasteiger partial charge in [-0.05, 0) is 30.7 Å². The normalized spacial score (nSPS) is 20.5. The lowest BCUT2D eigenvalue weighted by Crippen LogP contribution is -2.48. The Hall–Kier alpha value is -1.57. The molecule has 2 atom stereocenters. The van der Waals surface area contributed by atoms with E-state index >= 15 is 0 Å². The first kappa shape index (κ1) is 20.7. The van der Waals surface area contributed by atoms with Crippen molar-refractivity contribution >= 4 is 29.9 Å². The van der Waals surface area contributed by atoms with E-state index in [0.717, 1.165) is 37.7 Å². The Balaban J connectivity index is 0.00000243. The summed E-state index contributed by atoms with van der Waals surface area (Å²) in [4.78, 5) is 7.16. The van der Waals surface area contributed by atoms with E-state index in [1.54, 1.807) is 6.26 Å². The van der Waals surface area contributed by atoms with Gasteiger partial charge in [0.05, 0.1) is 6.54 Å². The van der Waals surface area contributed by atoms with Gasteiger partial charge in [-0.3, -0.25) is 0 Å². The van der Waals surface area contributed by atoms with E-state index in [0.29, 0.717) is 18.4 Å². The van der Waals surface area contributed by atoms with E-state index in [-0.39, 0.29) is 24.0 Å². The Kier molecular flexibility index (Phi) is 8.41. The van der Waals surface area contributed by atoms with Crippen LogP contribution >= 0.6 is 24.0 Å². The number of halogens is 1. The summed E-state index contributed by atoms with van der Waals surface area (Å²) >= 11 is 0. The molecule has 1 fully saturated rings. The summed E-state index contributed by atoms with van der Waals surface area (Å²) in [5.41, 5.74) is 2.33. The number of benzene rings is 1. The van der Waals surface area contributed by atoms with Crippen LogP contribution < -0.4 is 5.32 Å². The van der Waals surface area contributed by atoms with E-state index in [1.807, 2.05) is 6.07 Å². The number of nitrogens with one attached hydrogen (secondary N) is 1. The van der Waals surface area contributed by atoms with Crippen LogP contribution in [0.1, 0.15) is 43.9 Å². The highest BCUT2D eigenvalue weighted by atomic mass is 127. The van der Waals surface area contributed by atoms with Gasteiger partial charge >= 0.3 is 0 Å². The molecule has 26 heavy (non-hydrogen) atoms. The van der Waals surface area contributed by atoms with Gasteiger partial charge in [0, 0.05) is 25.7 Å². The molecule has 1 saturated heterocycles. The maximum atomic E-state index is 4.90. The number of likely N-dealkylation sites (tertiary alicyclic amines) is 1. The van der Waals surface area contributed by atoms with Crippen LogP contribution in [0.15, 0.2) is 52.2 Å². The summed E-state index contributed by atoms with van der Waals surface area (Å²) in [6.07, 6.45) is 3.94. The van der Waals surface area contributed by atoms with E-state index < -0.39 is 0 Å². The van der Waals surface area contributed by atoms with Crippen molar-refractivity contribution in [3.63, 3.8) is 0 Å². The molecule has 3 rings (SSSR count). The van der Waals surface area contributed by atoms with Crippen LogP contribution in [0.5, 0.6) is 0 Å². The molecular formula is C20H29IN4O. The number of hydrogen-bond acceptors (Lipinski definition) is 3. The Morgan fingerprint density at radius 3 is 2.73 bits per heavy atom. The predicted molar refractivity (Wildman–Crippen MR) is 116 cm³/mol. The molecule has 1 N–H and O–H groups in total. The van der Waals surface area contributed by atoms with Crippen molar-refractivity contribution in [2.24, 2.45) is 10.9 Å². The van der Waals surface area contributed by atoms with Crippen LogP contribution in [0, 0.1) is 5.92 Å². The molecule has 0 aliphatic carbocycles. The number of aromatic nitrogens is 1. The van der Waals surface area contributed by atoms with E-state index in [9.17, 15) is 0 Å². The minimum Gasteiger partial charge on any atom is -0.364 e. The van der Waals surface area contributed by atoms with Gasteiger partial charge in [-0.15, -0.1) is 24.0 Å². The average molecular weight is 468 g/mol. The first-order chi connectivity index (χ1) is 12.3. The van der Waals surface area contributed by atoms with Crippen LogP contribution in [0.4, 0.5) is 0 Å². The van der Waals surface area contributed by atoms with Crippen LogP contribution in [0.3, 0.4) is 0 Å². The molecule has 2 aromatic rings. The van der Waals surface area contributed by atoms with Crippen molar-refractivity contribution in [1.29, 1.82) is 0 Å². The third-order valence-electron chi connectivity index (χ3n) is 5.00. The molecule has 2 heterocycles. The van der Waals surface area contributed by atoms with Crippen LogP contribution in [0.2, 0.25) is 0 Å². The van der Waals surface area contributed by atoms with Crippen molar-refractivity contribution in [3.05, 3.63) is 53.9 Å². The molecule has 142 valence electrons. The van der Waals surface area contributed by atoms with Gasteiger partial charge in [0.1, 0.15) is 12.0 Å². The molecule has 0 saturated carbocycles. The molecule has 1 aromatic heterocycles. The minimum atomic E-state index is 0. The van der Waals surface area contributed by atoms with E-state index in [1.165, 1.54) is 12.0 Å². The number of hydrogen-bond donors (Lipinski definition) is 1. The molecule has 0 radical (unpaired) electrons. The first-order valence-electron chi connectivity index (χ1n) is 9.29. The highest BCUT2D eigenvalue weighted by Gasteiger charge is 2.30. The van der Waals surface area contributed by atoms with Gasteiger partial charge in [-0.1, -0.05) is 48.8 Å². The SMILES string of the molecule is CCNC(=NCc1ccon1)N1CCC(c2ccccc2)C(CC)C1.I. The van der Waals surface area contributed by atoms with Gasteiger partial charge < -0.3 is 14.7 Å². The first-order valence-corrected chi connectivity index (χ1v) is 9.29. The number of rotatable bonds is 5. The summed E-state index contributed by atoms with van der Waals surface area (Å²) in [5, 5.41) is 7.38. The molecular weight excluding hydrogens is 439 g/mol. The maximum Gasteiger partial charge on any atom is 0.194 e. The van der Waals surface area contributed by atoms with Gasteiger partial charge in [-0.2, -0.15) is 0 Å². The van der Waals surface area contributed by atoms with Crippen molar-refractivity contribution in [2.45, 2.75) is 39.2 Å². The molecule has 0 bridgehead atoms. The molecule has 0 amide bonds. The molecule has 2 unspecified atom stereocenters. The van der Waals surface area contributed by atoms with Gasteiger partial charge in [0.25, 0.3) is 0 Å².